The second-order valence-electron chi connectivity index (χ2n) is 7.35. The molecule has 3 aliphatic rings. The van der Waals surface area contributed by atoms with E-state index in [2.05, 4.69) is 4.90 Å². The van der Waals surface area contributed by atoms with Gasteiger partial charge in [0.2, 0.25) is 5.91 Å². The Kier molecular flexibility index (Phi) is 3.62. The van der Waals surface area contributed by atoms with Crippen LogP contribution in [0.4, 0.5) is 0 Å². The van der Waals surface area contributed by atoms with Crippen LogP contribution in [0.3, 0.4) is 0 Å². The van der Waals surface area contributed by atoms with E-state index >= 15 is 0 Å². The van der Waals surface area contributed by atoms with E-state index in [9.17, 15) is 14.7 Å². The van der Waals surface area contributed by atoms with Gasteiger partial charge in [-0.1, -0.05) is 18.2 Å². The summed E-state index contributed by atoms with van der Waals surface area (Å²) >= 11 is 0. The summed E-state index contributed by atoms with van der Waals surface area (Å²) in [6, 6.07) is 9.50. The van der Waals surface area contributed by atoms with Crippen molar-refractivity contribution in [2.75, 3.05) is 32.7 Å². The number of fused-ring (bicyclic) bond motifs is 2. The zero-order valence-electron chi connectivity index (χ0n) is 13.9. The minimum Gasteiger partial charge on any atom is -0.392 e. The summed E-state index contributed by atoms with van der Waals surface area (Å²) < 4.78 is 0. The van der Waals surface area contributed by atoms with E-state index in [1.165, 1.54) is 0 Å². The average Bonchev–Trinajstić information content (AvgIpc) is 2.92. The molecule has 0 aromatic heterocycles. The number of rotatable bonds is 1. The molecule has 0 saturated carbocycles. The zero-order chi connectivity index (χ0) is 16.9. The van der Waals surface area contributed by atoms with Crippen molar-refractivity contribution in [2.45, 2.75) is 31.0 Å². The van der Waals surface area contributed by atoms with Gasteiger partial charge in [-0.15, -0.1) is 0 Å². The largest absolute Gasteiger partial charge is 0.392 e. The van der Waals surface area contributed by atoms with Gasteiger partial charge in [0.25, 0.3) is 5.91 Å². The predicted molar refractivity (Wildman–Crippen MR) is 88.4 cm³/mol. The Labute approximate surface area is 141 Å². The van der Waals surface area contributed by atoms with Crippen molar-refractivity contribution in [3.05, 3.63) is 35.9 Å². The van der Waals surface area contributed by atoms with E-state index in [0.717, 1.165) is 0 Å². The van der Waals surface area contributed by atoms with Crippen molar-refractivity contribution in [3.8, 4) is 0 Å². The molecule has 1 N–H and O–H groups in total. The molecule has 3 aliphatic heterocycles. The Hall–Kier alpha value is -1.92. The number of hydrogen-bond donors (Lipinski definition) is 1. The summed E-state index contributed by atoms with van der Waals surface area (Å²) in [6.45, 7) is 4.80. The molecule has 0 unspecified atom stereocenters. The fraction of sp³-hybridized carbons (Fsp3) is 0.556. The fourth-order valence-corrected chi connectivity index (χ4v) is 4.50. The number of amides is 2. The average molecular weight is 329 g/mol. The standard InChI is InChI=1S/C18H23N3O3/c1-13(22)19-8-15-7-16(23)9-21(15)18(10-19)11-20(12-18)17(24)14-5-3-2-4-6-14/h2-6,15-16,23H,7-12H2,1H3/t15-,16+/m0/s1. The lowest BCUT2D eigenvalue weighted by Gasteiger charge is -2.60. The monoisotopic (exact) mass is 329 g/mol. The van der Waals surface area contributed by atoms with Crippen LogP contribution >= 0.6 is 0 Å². The van der Waals surface area contributed by atoms with Crippen LogP contribution < -0.4 is 0 Å². The summed E-state index contributed by atoms with van der Waals surface area (Å²) in [4.78, 5) is 30.6. The van der Waals surface area contributed by atoms with Crippen LogP contribution in [0.5, 0.6) is 0 Å². The maximum absolute atomic E-state index is 12.6. The summed E-state index contributed by atoms with van der Waals surface area (Å²) in [7, 11) is 0. The van der Waals surface area contributed by atoms with Crippen LogP contribution in [-0.2, 0) is 4.79 Å². The van der Waals surface area contributed by atoms with Gasteiger partial charge in [0.05, 0.1) is 11.6 Å². The number of aliphatic hydroxyl groups excluding tert-OH is 1. The lowest BCUT2D eigenvalue weighted by molar-refractivity contribution is -0.144. The van der Waals surface area contributed by atoms with Gasteiger partial charge in [-0.2, -0.15) is 0 Å². The Morgan fingerprint density at radius 1 is 1.08 bits per heavy atom. The number of nitrogens with zero attached hydrogens (tertiary/aromatic N) is 3. The number of aliphatic hydroxyl groups is 1. The van der Waals surface area contributed by atoms with Crippen LogP contribution in [0, 0.1) is 0 Å². The molecule has 1 spiro atoms. The molecule has 4 rings (SSSR count). The number of hydrogen-bond acceptors (Lipinski definition) is 4. The number of carbonyl (C=O) groups excluding carboxylic acids is 2. The summed E-state index contributed by atoms with van der Waals surface area (Å²) in [6.07, 6.45) is 0.371. The van der Waals surface area contributed by atoms with Crippen LogP contribution in [0.15, 0.2) is 30.3 Å². The second-order valence-corrected chi connectivity index (χ2v) is 7.35. The Morgan fingerprint density at radius 3 is 2.42 bits per heavy atom. The lowest BCUT2D eigenvalue weighted by Crippen LogP contribution is -2.79. The van der Waals surface area contributed by atoms with Crippen molar-refractivity contribution in [2.24, 2.45) is 0 Å². The predicted octanol–water partition coefficient (Wildman–Crippen LogP) is 0.179. The quantitative estimate of drug-likeness (QED) is 0.798. The van der Waals surface area contributed by atoms with E-state index in [0.29, 0.717) is 44.7 Å². The summed E-state index contributed by atoms with van der Waals surface area (Å²) in [5.41, 5.74) is 0.501. The molecular weight excluding hydrogens is 306 g/mol. The van der Waals surface area contributed by atoms with Gasteiger partial charge in [-0.3, -0.25) is 14.5 Å². The van der Waals surface area contributed by atoms with E-state index in [1.54, 1.807) is 6.92 Å². The SMILES string of the molecule is CC(=O)N1C[C@@H]2C[C@@H](O)CN2C2(C1)CN(C(=O)c1ccccc1)C2. The minimum absolute atomic E-state index is 0.0393. The molecule has 2 amide bonds. The molecule has 3 saturated heterocycles. The molecule has 6 nitrogen and oxygen atoms in total. The first-order chi connectivity index (χ1) is 11.5. The highest BCUT2D eigenvalue weighted by Gasteiger charge is 2.57. The number of β-amino-alcohol motifs (C(OH)–C–C–N with tert-alkyl or cyclic N) is 1. The molecule has 3 fully saturated rings. The first-order valence-corrected chi connectivity index (χ1v) is 8.53. The maximum atomic E-state index is 12.6. The number of carbonyl (C=O) groups is 2. The molecular formula is C18H23N3O3. The van der Waals surface area contributed by atoms with Gasteiger partial charge in [0, 0.05) is 51.3 Å². The summed E-state index contributed by atoms with van der Waals surface area (Å²) in [5.74, 6) is 0.112. The van der Waals surface area contributed by atoms with Gasteiger partial charge in [0.15, 0.2) is 0 Å². The van der Waals surface area contributed by atoms with Gasteiger partial charge in [-0.05, 0) is 18.6 Å². The third-order valence-corrected chi connectivity index (χ3v) is 5.64. The molecule has 0 aliphatic carbocycles. The molecule has 0 radical (unpaired) electrons. The topological polar surface area (TPSA) is 64.1 Å². The molecule has 0 bridgehead atoms. The molecule has 1 aromatic rings. The van der Waals surface area contributed by atoms with Crippen molar-refractivity contribution in [3.63, 3.8) is 0 Å². The van der Waals surface area contributed by atoms with E-state index < -0.39 is 0 Å². The number of benzene rings is 1. The Bertz CT molecular complexity index is 657. The van der Waals surface area contributed by atoms with Gasteiger partial charge in [-0.25, -0.2) is 0 Å². The van der Waals surface area contributed by atoms with Gasteiger partial charge >= 0.3 is 0 Å². The third kappa shape index (κ3) is 2.41. The zero-order valence-corrected chi connectivity index (χ0v) is 13.9. The van der Waals surface area contributed by atoms with Crippen molar-refractivity contribution < 1.29 is 14.7 Å². The first kappa shape index (κ1) is 15.6. The van der Waals surface area contributed by atoms with E-state index in [1.807, 2.05) is 40.1 Å². The highest BCUT2D eigenvalue weighted by molar-refractivity contribution is 5.95. The Morgan fingerprint density at radius 2 is 1.75 bits per heavy atom. The molecule has 3 heterocycles. The van der Waals surface area contributed by atoms with Crippen LogP contribution in [-0.4, -0.2) is 82.0 Å². The van der Waals surface area contributed by atoms with Crippen LogP contribution in [0.2, 0.25) is 0 Å². The Balaban J connectivity index is 1.52. The highest BCUT2D eigenvalue weighted by Crippen LogP contribution is 2.39. The fourth-order valence-electron chi connectivity index (χ4n) is 4.50. The van der Waals surface area contributed by atoms with Crippen molar-refractivity contribution in [1.82, 2.24) is 14.7 Å². The van der Waals surface area contributed by atoms with Crippen LogP contribution in [0.1, 0.15) is 23.7 Å². The van der Waals surface area contributed by atoms with Crippen LogP contribution in [0.25, 0.3) is 0 Å². The normalized spacial score (nSPS) is 28.6. The third-order valence-electron chi connectivity index (χ3n) is 5.64. The number of likely N-dealkylation sites (tertiary alicyclic amines) is 1. The maximum Gasteiger partial charge on any atom is 0.253 e. The molecule has 1 aromatic carbocycles. The lowest BCUT2D eigenvalue weighted by atomic mass is 9.83. The highest BCUT2D eigenvalue weighted by atomic mass is 16.3. The second kappa shape index (κ2) is 5.57. The molecule has 24 heavy (non-hydrogen) atoms. The first-order valence-electron chi connectivity index (χ1n) is 8.53. The number of piperazine rings is 1. The molecule has 6 heteroatoms. The van der Waals surface area contributed by atoms with Gasteiger partial charge < -0.3 is 14.9 Å². The van der Waals surface area contributed by atoms with E-state index in [-0.39, 0.29) is 29.5 Å². The van der Waals surface area contributed by atoms with Crippen molar-refractivity contribution in [1.29, 1.82) is 0 Å². The summed E-state index contributed by atoms with van der Waals surface area (Å²) in [5, 5.41) is 10.1. The smallest absolute Gasteiger partial charge is 0.253 e. The van der Waals surface area contributed by atoms with Gasteiger partial charge in [0.1, 0.15) is 0 Å². The molecule has 2 atom stereocenters. The minimum atomic E-state index is -0.336. The van der Waals surface area contributed by atoms with E-state index in [4.69, 9.17) is 0 Å². The van der Waals surface area contributed by atoms with Crippen molar-refractivity contribution >= 4 is 11.8 Å². The molecule has 128 valence electrons.